The third-order valence-electron chi connectivity index (χ3n) is 6.40. The zero-order chi connectivity index (χ0) is 21.1. The van der Waals surface area contributed by atoms with Gasteiger partial charge in [-0.05, 0) is 35.5 Å². The Morgan fingerprint density at radius 3 is 2.74 bits per heavy atom. The van der Waals surface area contributed by atoms with Crippen molar-refractivity contribution in [2.75, 3.05) is 0 Å². The number of allylic oxidation sites excluding steroid dienone is 2. The number of hydrogen-bond donors (Lipinski definition) is 0. The van der Waals surface area contributed by atoms with Crippen LogP contribution in [0.2, 0.25) is 0 Å². The molecule has 0 spiro atoms. The van der Waals surface area contributed by atoms with E-state index in [0.717, 1.165) is 6.42 Å². The minimum atomic E-state index is -0.316. The molecule has 1 fully saturated rings. The molecule has 0 amide bonds. The summed E-state index contributed by atoms with van der Waals surface area (Å²) < 4.78 is 8.13. The van der Waals surface area contributed by atoms with Crippen molar-refractivity contribution in [3.05, 3.63) is 92.9 Å². The minimum Gasteiger partial charge on any atom is -0.337 e. The third kappa shape index (κ3) is 2.86. The van der Waals surface area contributed by atoms with Crippen LogP contribution in [-0.4, -0.2) is 24.3 Å². The Hall–Kier alpha value is -3.81. The molecule has 0 bridgehead atoms. The van der Waals surface area contributed by atoms with Crippen molar-refractivity contribution in [1.82, 2.24) is 24.3 Å². The van der Waals surface area contributed by atoms with E-state index in [-0.39, 0.29) is 29.1 Å². The van der Waals surface area contributed by atoms with E-state index >= 15 is 0 Å². The Kier molecular flexibility index (Phi) is 3.83. The van der Waals surface area contributed by atoms with Crippen molar-refractivity contribution >= 4 is 16.6 Å². The predicted molar refractivity (Wildman–Crippen MR) is 113 cm³/mol. The summed E-state index contributed by atoms with van der Waals surface area (Å²) in [5.74, 6) is 2.29. The summed E-state index contributed by atoms with van der Waals surface area (Å²) in [7, 11) is 1.56. The van der Waals surface area contributed by atoms with Gasteiger partial charge in [-0.25, -0.2) is 4.98 Å². The molecule has 2 aliphatic carbocycles. The Balaban J connectivity index is 1.23. The van der Waals surface area contributed by atoms with Gasteiger partial charge in [0.25, 0.3) is 11.1 Å². The summed E-state index contributed by atoms with van der Waals surface area (Å²) in [6.45, 7) is 0.116. The lowest BCUT2D eigenvalue weighted by Gasteiger charge is -2.06. The van der Waals surface area contributed by atoms with Crippen molar-refractivity contribution in [1.29, 1.82) is 0 Å². The summed E-state index contributed by atoms with van der Waals surface area (Å²) in [5.41, 5.74) is 2.82. The van der Waals surface area contributed by atoms with E-state index in [9.17, 15) is 9.59 Å². The average molecular weight is 413 g/mol. The molecule has 0 aliphatic heterocycles. The average Bonchev–Trinajstić information content (AvgIpc) is 3.12. The normalized spacial score (nSPS) is 21.8. The molecular weight excluding hydrogens is 394 g/mol. The molecule has 0 radical (unpaired) electrons. The topological polar surface area (TPSA) is 95.8 Å². The first-order valence-electron chi connectivity index (χ1n) is 10.2. The third-order valence-corrected chi connectivity index (χ3v) is 6.40. The van der Waals surface area contributed by atoms with Crippen LogP contribution in [0, 0.1) is 11.8 Å². The molecule has 6 rings (SSSR count). The second kappa shape index (κ2) is 6.60. The lowest BCUT2D eigenvalue weighted by Crippen LogP contribution is -2.28. The number of benzene rings is 1. The van der Waals surface area contributed by atoms with Gasteiger partial charge in [-0.1, -0.05) is 41.6 Å². The van der Waals surface area contributed by atoms with E-state index in [4.69, 9.17) is 4.52 Å². The quantitative estimate of drug-likeness (QED) is 0.510. The van der Waals surface area contributed by atoms with Gasteiger partial charge in [-0.3, -0.25) is 14.2 Å². The highest BCUT2D eigenvalue weighted by Gasteiger charge is 2.55. The number of fused-ring (bicyclic) bond motifs is 2. The molecule has 1 saturated carbocycles. The van der Waals surface area contributed by atoms with Crippen LogP contribution >= 0.6 is 0 Å². The molecule has 3 atom stereocenters. The maximum absolute atomic E-state index is 12.9. The Morgan fingerprint density at radius 1 is 1.13 bits per heavy atom. The maximum atomic E-state index is 12.9. The van der Waals surface area contributed by atoms with Gasteiger partial charge < -0.3 is 9.09 Å². The van der Waals surface area contributed by atoms with E-state index in [1.807, 2.05) is 6.07 Å². The van der Waals surface area contributed by atoms with Crippen LogP contribution in [0.15, 0.2) is 69.0 Å². The molecular formula is C23H19N5O3. The molecule has 154 valence electrons. The first-order valence-corrected chi connectivity index (χ1v) is 10.2. The fourth-order valence-electron chi connectivity index (χ4n) is 4.70. The van der Waals surface area contributed by atoms with E-state index < -0.39 is 0 Å². The van der Waals surface area contributed by atoms with Gasteiger partial charge in [0.2, 0.25) is 5.89 Å². The fourth-order valence-corrected chi connectivity index (χ4v) is 4.70. The molecule has 0 unspecified atom stereocenters. The second-order valence-electron chi connectivity index (χ2n) is 8.22. The summed E-state index contributed by atoms with van der Waals surface area (Å²) in [6.07, 6.45) is 4.80. The van der Waals surface area contributed by atoms with Crippen molar-refractivity contribution in [3.8, 4) is 0 Å². The Labute approximate surface area is 176 Å². The van der Waals surface area contributed by atoms with Crippen molar-refractivity contribution in [2.45, 2.75) is 18.9 Å². The number of pyridine rings is 1. The highest BCUT2D eigenvalue weighted by Crippen LogP contribution is 2.62. The molecule has 0 saturated heterocycles. The number of hydrogen-bond acceptors (Lipinski definition) is 6. The molecule has 4 aromatic rings. The van der Waals surface area contributed by atoms with Crippen LogP contribution in [0.3, 0.4) is 0 Å². The number of aryl methyl sites for hydroxylation is 1. The lowest BCUT2D eigenvalue weighted by atomic mass is 10.0. The van der Waals surface area contributed by atoms with E-state index in [0.29, 0.717) is 29.1 Å². The number of nitrogens with zero attached hydrogens (tertiary/aromatic N) is 5. The highest BCUT2D eigenvalue weighted by molar-refractivity contribution is 5.73. The zero-order valence-electron chi connectivity index (χ0n) is 16.8. The molecule has 8 heteroatoms. The lowest BCUT2D eigenvalue weighted by molar-refractivity contribution is 0.364. The van der Waals surface area contributed by atoms with Crippen molar-refractivity contribution in [2.24, 2.45) is 18.9 Å². The molecule has 2 aliphatic rings. The molecule has 0 N–H and O–H groups in total. The molecule has 31 heavy (non-hydrogen) atoms. The summed E-state index contributed by atoms with van der Waals surface area (Å²) in [5, 5.41) is 4.17. The Bertz CT molecular complexity index is 1460. The Morgan fingerprint density at radius 2 is 1.97 bits per heavy atom. The van der Waals surface area contributed by atoms with Gasteiger partial charge in [0.05, 0.1) is 11.8 Å². The molecule has 3 heterocycles. The smallest absolute Gasteiger partial charge is 0.278 e. The molecule has 1 aromatic carbocycles. The second-order valence-corrected chi connectivity index (χ2v) is 8.22. The standard InChI is InChI=1S/C23H19N5O3/c1-27-19(29)8-7-17-21(27)23(30)28(12-24-17)11-18-25-22(26-31-18)20-15-9-14(10-16(15)20)13-5-3-2-4-6-13/h2-9,12,15-16,20H,10-11H2,1H3/t15-,16+,20+/m0/s1. The summed E-state index contributed by atoms with van der Waals surface area (Å²) in [6, 6.07) is 13.4. The van der Waals surface area contributed by atoms with Crippen LogP contribution in [0.5, 0.6) is 0 Å². The van der Waals surface area contributed by atoms with E-state index in [1.165, 1.54) is 32.7 Å². The van der Waals surface area contributed by atoms with Crippen LogP contribution in [0.1, 0.15) is 29.6 Å². The minimum absolute atomic E-state index is 0.116. The van der Waals surface area contributed by atoms with Crippen molar-refractivity contribution in [3.63, 3.8) is 0 Å². The first-order chi connectivity index (χ1) is 15.1. The van der Waals surface area contributed by atoms with Crippen LogP contribution in [0.4, 0.5) is 0 Å². The van der Waals surface area contributed by atoms with Crippen molar-refractivity contribution < 1.29 is 4.52 Å². The van der Waals surface area contributed by atoms with Crippen LogP contribution in [0.25, 0.3) is 16.6 Å². The largest absolute Gasteiger partial charge is 0.337 e. The molecule has 3 aromatic heterocycles. The van der Waals surface area contributed by atoms with Gasteiger partial charge in [-0.15, -0.1) is 0 Å². The maximum Gasteiger partial charge on any atom is 0.278 e. The predicted octanol–water partition coefficient (Wildman–Crippen LogP) is 2.34. The number of rotatable bonds is 4. The van der Waals surface area contributed by atoms with Gasteiger partial charge in [-0.2, -0.15) is 4.98 Å². The first kappa shape index (κ1) is 18.0. The monoisotopic (exact) mass is 413 g/mol. The van der Waals surface area contributed by atoms with E-state index in [1.54, 1.807) is 13.1 Å². The van der Waals surface area contributed by atoms with Crippen LogP contribution in [-0.2, 0) is 13.6 Å². The van der Waals surface area contributed by atoms with Gasteiger partial charge in [0.15, 0.2) is 5.82 Å². The SMILES string of the molecule is Cn1c(=O)ccc2ncn(Cc3nc([C@@H]4[C@H]5C=C(c6ccccc6)C[C@H]54)no3)c(=O)c21. The summed E-state index contributed by atoms with van der Waals surface area (Å²) >= 11 is 0. The van der Waals surface area contributed by atoms with Gasteiger partial charge in [0, 0.05) is 19.0 Å². The zero-order valence-corrected chi connectivity index (χ0v) is 16.8. The number of aromatic nitrogens is 5. The van der Waals surface area contributed by atoms with E-state index in [2.05, 4.69) is 45.5 Å². The highest BCUT2D eigenvalue weighted by atomic mass is 16.5. The fraction of sp³-hybridized carbons (Fsp3) is 0.261. The van der Waals surface area contributed by atoms with Crippen LogP contribution < -0.4 is 11.1 Å². The molecule has 8 nitrogen and oxygen atoms in total. The summed E-state index contributed by atoms with van der Waals surface area (Å²) in [4.78, 5) is 33.6. The van der Waals surface area contributed by atoms with Gasteiger partial charge >= 0.3 is 0 Å². The van der Waals surface area contributed by atoms with Gasteiger partial charge in [0.1, 0.15) is 12.1 Å².